The molecule has 0 saturated heterocycles. The number of aromatic nitrogens is 1. The van der Waals surface area contributed by atoms with Crippen molar-refractivity contribution < 1.29 is 9.53 Å². The van der Waals surface area contributed by atoms with E-state index in [1.165, 1.54) is 0 Å². The second kappa shape index (κ2) is 5.14. The van der Waals surface area contributed by atoms with Gasteiger partial charge in [-0.1, -0.05) is 13.8 Å². The van der Waals surface area contributed by atoms with Crippen LogP contribution in [0.1, 0.15) is 18.9 Å². The summed E-state index contributed by atoms with van der Waals surface area (Å²) in [6.45, 7) is 5.92. The van der Waals surface area contributed by atoms with Gasteiger partial charge in [-0.25, -0.2) is 4.98 Å². The Hall–Kier alpha value is -1.46. The summed E-state index contributed by atoms with van der Waals surface area (Å²) in [7, 11) is 0. The third-order valence-corrected chi connectivity index (χ3v) is 5.02. The van der Waals surface area contributed by atoms with Crippen molar-refractivity contribution in [2.45, 2.75) is 20.8 Å². The molecule has 0 aliphatic rings. The van der Waals surface area contributed by atoms with Crippen molar-refractivity contribution in [1.29, 1.82) is 0 Å². The van der Waals surface area contributed by atoms with Gasteiger partial charge in [-0.2, -0.15) is 0 Å². The summed E-state index contributed by atoms with van der Waals surface area (Å²) in [6, 6.07) is 4.03. The molecule has 20 heavy (non-hydrogen) atoms. The number of benzene rings is 1. The molecule has 0 amide bonds. The van der Waals surface area contributed by atoms with E-state index in [2.05, 4.69) is 4.98 Å². The van der Waals surface area contributed by atoms with Crippen LogP contribution in [0.15, 0.2) is 17.5 Å². The van der Waals surface area contributed by atoms with E-state index in [0.717, 1.165) is 31.1 Å². The first-order valence-electron chi connectivity index (χ1n) is 6.49. The molecule has 0 fully saturated rings. The second-order valence-electron chi connectivity index (χ2n) is 5.03. The third kappa shape index (κ3) is 2.31. The smallest absolute Gasteiger partial charge is 0.172 e. The van der Waals surface area contributed by atoms with Gasteiger partial charge in [0.2, 0.25) is 0 Å². The Morgan fingerprint density at radius 3 is 3.00 bits per heavy atom. The zero-order valence-electron chi connectivity index (χ0n) is 11.6. The molecule has 0 N–H and O–H groups in total. The van der Waals surface area contributed by atoms with Crippen molar-refractivity contribution in [1.82, 2.24) is 4.98 Å². The average molecular weight is 305 g/mol. The van der Waals surface area contributed by atoms with Crippen LogP contribution in [0.25, 0.3) is 20.3 Å². The Labute approximate surface area is 125 Å². The van der Waals surface area contributed by atoms with E-state index >= 15 is 0 Å². The Morgan fingerprint density at radius 1 is 1.45 bits per heavy atom. The Bertz CT molecular complexity index is 786. The molecule has 3 nitrogen and oxygen atoms in total. The topological polar surface area (TPSA) is 39.2 Å². The number of carbonyl (C=O) groups is 1. The molecule has 3 rings (SSSR count). The quantitative estimate of drug-likeness (QED) is 0.716. The Kier molecular flexibility index (Phi) is 3.48. The van der Waals surface area contributed by atoms with E-state index in [-0.39, 0.29) is 18.3 Å². The molecule has 0 aliphatic carbocycles. The van der Waals surface area contributed by atoms with Gasteiger partial charge in [0.15, 0.2) is 5.78 Å². The van der Waals surface area contributed by atoms with E-state index < -0.39 is 0 Å². The molecule has 104 valence electrons. The minimum atomic E-state index is 0.00217. The predicted octanol–water partition coefficient (Wildman–Crippen LogP) is 4.42. The van der Waals surface area contributed by atoms with Crippen LogP contribution in [0.5, 0.6) is 5.75 Å². The fourth-order valence-corrected chi connectivity index (χ4v) is 3.85. The Balaban J connectivity index is 2.04. The summed E-state index contributed by atoms with van der Waals surface area (Å²) in [5.74, 6) is 0.905. The largest absolute Gasteiger partial charge is 0.485 e. The highest BCUT2D eigenvalue weighted by atomic mass is 32.1. The fourth-order valence-electron chi connectivity index (χ4n) is 2.02. The van der Waals surface area contributed by atoms with E-state index in [0.29, 0.717) is 0 Å². The van der Waals surface area contributed by atoms with Crippen molar-refractivity contribution in [2.24, 2.45) is 5.92 Å². The maximum Gasteiger partial charge on any atom is 0.172 e. The van der Waals surface area contributed by atoms with Crippen molar-refractivity contribution in [2.75, 3.05) is 6.61 Å². The zero-order chi connectivity index (χ0) is 14.3. The molecule has 5 heteroatoms. The molecule has 0 spiro atoms. The number of nitrogens with zero attached hydrogens (tertiary/aromatic N) is 1. The van der Waals surface area contributed by atoms with Crippen LogP contribution in [0, 0.1) is 12.8 Å². The summed E-state index contributed by atoms with van der Waals surface area (Å²) in [5.41, 5.74) is 1.04. The molecular formula is C15H15NO2S2. The number of rotatable bonds is 4. The van der Waals surface area contributed by atoms with Crippen LogP contribution in [0.4, 0.5) is 0 Å². The number of fused-ring (bicyclic) bond motifs is 3. The molecule has 0 radical (unpaired) electrons. The van der Waals surface area contributed by atoms with E-state index in [9.17, 15) is 4.79 Å². The SMILES string of the molecule is Cc1nc2c(cc(OCC(=O)C(C)C)c3ccsc32)s1. The summed E-state index contributed by atoms with van der Waals surface area (Å²) < 4.78 is 8.01. The van der Waals surface area contributed by atoms with Crippen molar-refractivity contribution in [3.8, 4) is 5.75 Å². The molecule has 2 aromatic heterocycles. The summed E-state index contributed by atoms with van der Waals surface area (Å²) in [4.78, 5) is 16.3. The first kappa shape index (κ1) is 13.5. The molecule has 0 aliphatic heterocycles. The number of thiophene rings is 1. The second-order valence-corrected chi connectivity index (χ2v) is 7.18. The third-order valence-electron chi connectivity index (χ3n) is 3.18. The minimum absolute atomic E-state index is 0.00217. The van der Waals surface area contributed by atoms with Crippen LogP contribution in [0.2, 0.25) is 0 Å². The number of aryl methyl sites for hydroxylation is 1. The van der Waals surface area contributed by atoms with Gasteiger partial charge in [-0.3, -0.25) is 4.79 Å². The van der Waals surface area contributed by atoms with Gasteiger partial charge in [0.05, 0.1) is 19.9 Å². The van der Waals surface area contributed by atoms with Gasteiger partial charge >= 0.3 is 0 Å². The van der Waals surface area contributed by atoms with Crippen LogP contribution < -0.4 is 4.74 Å². The highest BCUT2D eigenvalue weighted by Crippen LogP contribution is 2.38. The normalized spacial score (nSPS) is 11.6. The van der Waals surface area contributed by atoms with Crippen molar-refractivity contribution >= 4 is 48.8 Å². The van der Waals surface area contributed by atoms with E-state index in [4.69, 9.17) is 4.74 Å². The van der Waals surface area contributed by atoms with Crippen LogP contribution in [-0.4, -0.2) is 17.4 Å². The number of hydrogen-bond acceptors (Lipinski definition) is 5. The number of thiazole rings is 1. The van der Waals surface area contributed by atoms with Gasteiger partial charge < -0.3 is 4.74 Å². The van der Waals surface area contributed by atoms with E-state index in [1.807, 2.05) is 38.3 Å². The van der Waals surface area contributed by atoms with Gasteiger partial charge in [-0.05, 0) is 18.4 Å². The van der Waals surface area contributed by atoms with Crippen molar-refractivity contribution in [3.05, 3.63) is 22.5 Å². The summed E-state index contributed by atoms with van der Waals surface area (Å²) in [5, 5.41) is 4.13. The Morgan fingerprint density at radius 2 is 2.25 bits per heavy atom. The number of carbonyl (C=O) groups excluding carboxylic acids is 1. The molecule has 0 saturated carbocycles. The lowest BCUT2D eigenvalue weighted by Gasteiger charge is -2.08. The number of ether oxygens (including phenoxy) is 1. The van der Waals surface area contributed by atoms with Crippen LogP contribution in [0.3, 0.4) is 0 Å². The van der Waals surface area contributed by atoms with Gasteiger partial charge in [0.1, 0.15) is 12.4 Å². The zero-order valence-corrected chi connectivity index (χ0v) is 13.2. The van der Waals surface area contributed by atoms with Gasteiger partial charge in [0, 0.05) is 17.4 Å². The molecule has 1 aromatic carbocycles. The number of hydrogen-bond donors (Lipinski definition) is 0. The standard InChI is InChI=1S/C15H15NO2S2/c1-8(2)11(17)7-18-12-6-13-14(16-9(3)20-13)15-10(12)4-5-19-15/h4-6,8H,7H2,1-3H3. The molecule has 0 bridgehead atoms. The first-order valence-corrected chi connectivity index (χ1v) is 8.18. The van der Waals surface area contributed by atoms with Crippen molar-refractivity contribution in [3.63, 3.8) is 0 Å². The van der Waals surface area contributed by atoms with Gasteiger partial charge in [-0.15, -0.1) is 22.7 Å². The van der Waals surface area contributed by atoms with Gasteiger partial charge in [0.25, 0.3) is 0 Å². The lowest BCUT2D eigenvalue weighted by Crippen LogP contribution is -2.16. The predicted molar refractivity (Wildman–Crippen MR) is 85.1 cm³/mol. The highest BCUT2D eigenvalue weighted by Gasteiger charge is 2.14. The van der Waals surface area contributed by atoms with E-state index in [1.54, 1.807) is 22.7 Å². The maximum atomic E-state index is 11.7. The molecular weight excluding hydrogens is 290 g/mol. The fraction of sp³-hybridized carbons (Fsp3) is 0.333. The summed E-state index contributed by atoms with van der Waals surface area (Å²) in [6.07, 6.45) is 0. The molecule has 2 heterocycles. The summed E-state index contributed by atoms with van der Waals surface area (Å²) >= 11 is 3.32. The lowest BCUT2D eigenvalue weighted by atomic mass is 10.1. The average Bonchev–Trinajstić information content (AvgIpc) is 3.00. The number of ketones is 1. The first-order chi connectivity index (χ1) is 9.56. The lowest BCUT2D eigenvalue weighted by molar-refractivity contribution is -0.123. The molecule has 0 atom stereocenters. The van der Waals surface area contributed by atoms with Crippen LogP contribution in [-0.2, 0) is 4.79 Å². The maximum absolute atomic E-state index is 11.7. The molecule has 0 unspecified atom stereocenters. The minimum Gasteiger partial charge on any atom is -0.485 e. The highest BCUT2D eigenvalue weighted by molar-refractivity contribution is 7.21. The monoisotopic (exact) mass is 305 g/mol. The molecule has 3 aromatic rings. The number of Topliss-reactive ketones (excluding diaryl/α,β-unsaturated/α-hetero) is 1. The van der Waals surface area contributed by atoms with Crippen LogP contribution >= 0.6 is 22.7 Å².